The van der Waals surface area contributed by atoms with Crippen LogP contribution >= 0.6 is 0 Å². The van der Waals surface area contributed by atoms with Crippen LogP contribution in [0, 0.1) is 5.92 Å². The normalized spacial score (nSPS) is 15.8. The number of rotatable bonds is 5. The van der Waals surface area contributed by atoms with E-state index in [1.807, 2.05) is 0 Å². The molecule has 0 amide bonds. The molecule has 94 valence electrons. The number of benzene rings is 1. The highest BCUT2D eigenvalue weighted by Crippen LogP contribution is 2.24. The standard InChI is InChI=1S/C15H24N2/c1-13(2)11-16-12-14-7-3-4-8-15(14)17-9-5-6-10-17/h3-4,7-8,13,16H,5-6,9-12H2,1-2H3. The van der Waals surface area contributed by atoms with Gasteiger partial charge in [-0.3, -0.25) is 0 Å². The maximum atomic E-state index is 3.54. The van der Waals surface area contributed by atoms with E-state index in [0.29, 0.717) is 5.92 Å². The van der Waals surface area contributed by atoms with Gasteiger partial charge in [0.25, 0.3) is 0 Å². The summed E-state index contributed by atoms with van der Waals surface area (Å²) in [5.41, 5.74) is 2.87. The van der Waals surface area contributed by atoms with E-state index in [4.69, 9.17) is 0 Å². The Morgan fingerprint density at radius 3 is 2.59 bits per heavy atom. The minimum Gasteiger partial charge on any atom is -0.371 e. The van der Waals surface area contributed by atoms with Crippen LogP contribution in [0.5, 0.6) is 0 Å². The van der Waals surface area contributed by atoms with Crippen LogP contribution in [0.1, 0.15) is 32.3 Å². The lowest BCUT2D eigenvalue weighted by Gasteiger charge is -2.21. The molecule has 0 aromatic heterocycles. The second-order valence-electron chi connectivity index (χ2n) is 5.35. The minimum absolute atomic E-state index is 0.717. The van der Waals surface area contributed by atoms with Crippen LogP contribution in [0.25, 0.3) is 0 Å². The van der Waals surface area contributed by atoms with E-state index < -0.39 is 0 Å². The molecule has 0 spiro atoms. The molecule has 0 aliphatic carbocycles. The fraction of sp³-hybridized carbons (Fsp3) is 0.600. The fourth-order valence-corrected chi connectivity index (χ4v) is 2.42. The van der Waals surface area contributed by atoms with E-state index in [0.717, 1.165) is 13.1 Å². The molecule has 2 nitrogen and oxygen atoms in total. The predicted molar refractivity (Wildman–Crippen MR) is 74.4 cm³/mol. The molecule has 1 fully saturated rings. The Kier molecular flexibility index (Phi) is 4.43. The van der Waals surface area contributed by atoms with Gasteiger partial charge in [-0.2, -0.15) is 0 Å². The third kappa shape index (κ3) is 3.47. The molecule has 0 saturated carbocycles. The third-order valence-electron chi connectivity index (χ3n) is 3.31. The highest BCUT2D eigenvalue weighted by molar-refractivity contribution is 5.54. The summed E-state index contributed by atoms with van der Waals surface area (Å²) in [6.45, 7) is 9.03. The van der Waals surface area contributed by atoms with Crippen molar-refractivity contribution in [2.45, 2.75) is 33.2 Å². The van der Waals surface area contributed by atoms with Crippen molar-refractivity contribution in [3.63, 3.8) is 0 Å². The molecule has 0 radical (unpaired) electrons. The van der Waals surface area contributed by atoms with Gasteiger partial charge in [-0.1, -0.05) is 32.0 Å². The number of anilines is 1. The molecule has 1 saturated heterocycles. The van der Waals surface area contributed by atoms with Crippen molar-refractivity contribution >= 4 is 5.69 Å². The maximum Gasteiger partial charge on any atom is 0.0411 e. The molecule has 1 aliphatic rings. The number of para-hydroxylation sites is 1. The Morgan fingerprint density at radius 1 is 1.18 bits per heavy atom. The molecule has 1 N–H and O–H groups in total. The van der Waals surface area contributed by atoms with Gasteiger partial charge in [0.15, 0.2) is 0 Å². The van der Waals surface area contributed by atoms with Crippen molar-refractivity contribution in [1.29, 1.82) is 0 Å². The molecule has 0 bridgehead atoms. The van der Waals surface area contributed by atoms with Gasteiger partial charge in [-0.15, -0.1) is 0 Å². The average molecular weight is 232 g/mol. The van der Waals surface area contributed by atoms with Crippen LogP contribution < -0.4 is 10.2 Å². The summed E-state index contributed by atoms with van der Waals surface area (Å²) in [6.07, 6.45) is 2.68. The van der Waals surface area contributed by atoms with Crippen molar-refractivity contribution in [1.82, 2.24) is 5.32 Å². The van der Waals surface area contributed by atoms with Crippen LogP contribution in [-0.4, -0.2) is 19.6 Å². The summed E-state index contributed by atoms with van der Waals surface area (Å²) in [6, 6.07) is 8.81. The zero-order valence-electron chi connectivity index (χ0n) is 11.1. The molecule has 1 aromatic rings. The number of nitrogens with one attached hydrogen (secondary N) is 1. The van der Waals surface area contributed by atoms with Crippen molar-refractivity contribution in [2.24, 2.45) is 5.92 Å². The van der Waals surface area contributed by atoms with Gasteiger partial charge in [0.2, 0.25) is 0 Å². The zero-order chi connectivity index (χ0) is 12.1. The van der Waals surface area contributed by atoms with E-state index >= 15 is 0 Å². The van der Waals surface area contributed by atoms with Crippen LogP contribution in [-0.2, 0) is 6.54 Å². The van der Waals surface area contributed by atoms with Crippen LogP contribution in [0.15, 0.2) is 24.3 Å². The smallest absolute Gasteiger partial charge is 0.0411 e. The van der Waals surface area contributed by atoms with E-state index in [1.54, 1.807) is 0 Å². The predicted octanol–water partition coefficient (Wildman–Crippen LogP) is 3.03. The summed E-state index contributed by atoms with van der Waals surface area (Å²) < 4.78 is 0. The van der Waals surface area contributed by atoms with Gasteiger partial charge in [0.1, 0.15) is 0 Å². The lowest BCUT2D eigenvalue weighted by Crippen LogP contribution is -2.23. The topological polar surface area (TPSA) is 15.3 Å². The van der Waals surface area contributed by atoms with E-state index in [9.17, 15) is 0 Å². The van der Waals surface area contributed by atoms with Crippen LogP contribution in [0.2, 0.25) is 0 Å². The summed E-state index contributed by atoms with van der Waals surface area (Å²) in [4.78, 5) is 2.52. The number of hydrogen-bond donors (Lipinski definition) is 1. The summed E-state index contributed by atoms with van der Waals surface area (Å²) in [5, 5.41) is 3.54. The Balaban J connectivity index is 2.00. The van der Waals surface area contributed by atoms with Gasteiger partial charge < -0.3 is 10.2 Å². The largest absolute Gasteiger partial charge is 0.371 e. The van der Waals surface area contributed by atoms with Crippen molar-refractivity contribution in [3.05, 3.63) is 29.8 Å². The van der Waals surface area contributed by atoms with Crippen molar-refractivity contribution < 1.29 is 0 Å². The minimum atomic E-state index is 0.717. The molecule has 2 heteroatoms. The van der Waals surface area contributed by atoms with E-state index in [1.165, 1.54) is 37.2 Å². The first-order chi connectivity index (χ1) is 8.27. The summed E-state index contributed by atoms with van der Waals surface area (Å²) in [5.74, 6) is 0.717. The molecule has 1 aliphatic heterocycles. The van der Waals surface area contributed by atoms with Gasteiger partial charge in [0.05, 0.1) is 0 Å². The van der Waals surface area contributed by atoms with E-state index in [-0.39, 0.29) is 0 Å². The Bertz CT molecular complexity index is 341. The van der Waals surface area contributed by atoms with Crippen LogP contribution in [0.3, 0.4) is 0 Å². The van der Waals surface area contributed by atoms with Gasteiger partial charge in [-0.05, 0) is 36.9 Å². The Morgan fingerprint density at radius 2 is 1.88 bits per heavy atom. The van der Waals surface area contributed by atoms with Gasteiger partial charge in [-0.25, -0.2) is 0 Å². The lowest BCUT2D eigenvalue weighted by molar-refractivity contribution is 0.552. The molecular formula is C15H24N2. The van der Waals surface area contributed by atoms with Gasteiger partial charge >= 0.3 is 0 Å². The lowest BCUT2D eigenvalue weighted by atomic mass is 10.1. The third-order valence-corrected chi connectivity index (χ3v) is 3.31. The Labute approximate surface area is 105 Å². The van der Waals surface area contributed by atoms with Crippen molar-refractivity contribution in [3.8, 4) is 0 Å². The molecule has 17 heavy (non-hydrogen) atoms. The molecule has 1 aromatic carbocycles. The van der Waals surface area contributed by atoms with Crippen molar-refractivity contribution in [2.75, 3.05) is 24.5 Å². The van der Waals surface area contributed by atoms with Gasteiger partial charge in [0, 0.05) is 25.3 Å². The Hall–Kier alpha value is -1.02. The SMILES string of the molecule is CC(C)CNCc1ccccc1N1CCCC1. The summed E-state index contributed by atoms with van der Waals surface area (Å²) >= 11 is 0. The zero-order valence-corrected chi connectivity index (χ0v) is 11.1. The molecule has 0 atom stereocenters. The summed E-state index contributed by atoms with van der Waals surface area (Å²) in [7, 11) is 0. The highest BCUT2D eigenvalue weighted by Gasteiger charge is 2.14. The second kappa shape index (κ2) is 6.06. The number of hydrogen-bond acceptors (Lipinski definition) is 2. The first-order valence-electron chi connectivity index (χ1n) is 6.81. The van der Waals surface area contributed by atoms with Crippen LogP contribution in [0.4, 0.5) is 5.69 Å². The second-order valence-corrected chi connectivity index (χ2v) is 5.35. The monoisotopic (exact) mass is 232 g/mol. The highest BCUT2D eigenvalue weighted by atomic mass is 15.1. The van der Waals surface area contributed by atoms with E-state index in [2.05, 4.69) is 48.3 Å². The number of nitrogens with zero attached hydrogens (tertiary/aromatic N) is 1. The molecule has 2 rings (SSSR count). The molecule has 0 unspecified atom stereocenters. The molecule has 1 heterocycles. The first-order valence-corrected chi connectivity index (χ1v) is 6.81. The fourth-order valence-electron chi connectivity index (χ4n) is 2.42. The quantitative estimate of drug-likeness (QED) is 0.839. The average Bonchev–Trinajstić information content (AvgIpc) is 2.82. The first kappa shape index (κ1) is 12.4. The maximum absolute atomic E-state index is 3.54. The molecular weight excluding hydrogens is 208 g/mol.